The Balaban J connectivity index is 1.98. The van der Waals surface area contributed by atoms with Crippen LogP contribution in [0.25, 0.3) is 0 Å². The maximum atomic E-state index is 12.9. The van der Waals surface area contributed by atoms with E-state index < -0.39 is 5.92 Å². The first-order valence-corrected chi connectivity index (χ1v) is 8.13. The fourth-order valence-corrected chi connectivity index (χ4v) is 4.36. The highest BCUT2D eigenvalue weighted by Crippen LogP contribution is 2.44. The van der Waals surface area contributed by atoms with E-state index in [0.29, 0.717) is 22.9 Å². The summed E-state index contributed by atoms with van der Waals surface area (Å²) in [4.78, 5) is 26.3. The number of carbonyl (C=O) groups excluding carboxylic acids is 2. The molecule has 0 aromatic rings. The Labute approximate surface area is 130 Å². The van der Waals surface area contributed by atoms with Crippen molar-refractivity contribution in [3.05, 3.63) is 23.3 Å². The molecule has 3 aliphatic carbocycles. The summed E-state index contributed by atoms with van der Waals surface area (Å²) >= 11 is 5.52. The van der Waals surface area contributed by atoms with Crippen molar-refractivity contribution in [1.82, 2.24) is 5.32 Å². The van der Waals surface area contributed by atoms with E-state index in [4.69, 9.17) is 12.2 Å². The van der Waals surface area contributed by atoms with Gasteiger partial charge in [0.15, 0.2) is 5.78 Å². The normalized spacial score (nSPS) is 35.8. The van der Waals surface area contributed by atoms with Crippen LogP contribution in [0.5, 0.6) is 0 Å². The first-order valence-electron chi connectivity index (χ1n) is 7.72. The molecule has 0 aromatic heterocycles. The average Bonchev–Trinajstić information content (AvgIpc) is 2.47. The second-order valence-corrected chi connectivity index (χ2v) is 6.98. The molecule has 3 rings (SSSR count). The number of allylic oxidation sites excluding steroid dienone is 3. The Morgan fingerprint density at radius 1 is 1.24 bits per heavy atom. The molecule has 0 spiro atoms. The Bertz CT molecular complexity index is 575. The molecule has 3 nitrogen and oxygen atoms in total. The Morgan fingerprint density at radius 3 is 2.71 bits per heavy atom. The number of nitrogens with one attached hydrogen (secondary N) is 1. The van der Waals surface area contributed by atoms with Gasteiger partial charge in [-0.05, 0) is 37.8 Å². The van der Waals surface area contributed by atoms with Crippen LogP contribution < -0.4 is 5.32 Å². The molecule has 4 unspecified atom stereocenters. The Hall–Kier alpha value is -1.13. The van der Waals surface area contributed by atoms with Crippen LogP contribution in [-0.4, -0.2) is 30.0 Å². The number of hydrogen-bond donors (Lipinski definition) is 1. The van der Waals surface area contributed by atoms with Crippen LogP contribution in [0, 0.1) is 23.7 Å². The summed E-state index contributed by atoms with van der Waals surface area (Å²) in [6, 6.07) is 0. The zero-order chi connectivity index (χ0) is 15.1. The third-order valence-corrected chi connectivity index (χ3v) is 5.60. The summed E-state index contributed by atoms with van der Waals surface area (Å²) in [5, 5.41) is 3.07. The Morgan fingerprint density at radius 2 is 2.00 bits per heavy atom. The maximum absolute atomic E-state index is 12.9. The van der Waals surface area contributed by atoms with Crippen molar-refractivity contribution in [2.24, 2.45) is 23.7 Å². The molecule has 4 heteroatoms. The molecule has 21 heavy (non-hydrogen) atoms. The summed E-state index contributed by atoms with van der Waals surface area (Å²) in [7, 11) is 1.86. The molecule has 1 N–H and O–H groups in total. The largest absolute Gasteiger partial charge is 0.316 e. The monoisotopic (exact) mass is 303 g/mol. The molecular weight excluding hydrogens is 282 g/mol. The Kier molecular flexibility index (Phi) is 3.93. The van der Waals surface area contributed by atoms with Gasteiger partial charge in [-0.25, -0.2) is 0 Å². The number of hydrogen-bond acceptors (Lipinski definition) is 4. The molecule has 3 aliphatic rings. The van der Waals surface area contributed by atoms with Crippen LogP contribution in [-0.2, 0) is 9.59 Å². The van der Waals surface area contributed by atoms with Gasteiger partial charge in [-0.1, -0.05) is 31.3 Å². The molecule has 4 atom stereocenters. The van der Waals surface area contributed by atoms with Gasteiger partial charge in [0.1, 0.15) is 5.78 Å². The SMILES string of the molecule is CNCC1=CC=C2C(=O)C3CC(C)CCC3C(=O)C2C1=S. The number of fused-ring (bicyclic) bond motifs is 2. The summed E-state index contributed by atoms with van der Waals surface area (Å²) < 4.78 is 0. The highest BCUT2D eigenvalue weighted by Gasteiger charge is 2.50. The van der Waals surface area contributed by atoms with Crippen LogP contribution in [0.4, 0.5) is 0 Å². The zero-order valence-corrected chi connectivity index (χ0v) is 13.3. The zero-order valence-electron chi connectivity index (χ0n) is 12.5. The lowest BCUT2D eigenvalue weighted by atomic mass is 9.60. The van der Waals surface area contributed by atoms with Crippen molar-refractivity contribution < 1.29 is 9.59 Å². The van der Waals surface area contributed by atoms with Gasteiger partial charge in [0.25, 0.3) is 0 Å². The van der Waals surface area contributed by atoms with Gasteiger partial charge >= 0.3 is 0 Å². The number of carbonyl (C=O) groups is 2. The minimum absolute atomic E-state index is 0.106. The summed E-state index contributed by atoms with van der Waals surface area (Å²) in [6.07, 6.45) is 6.47. The number of likely N-dealkylation sites (N-methyl/N-ethyl adjacent to an activating group) is 1. The van der Waals surface area contributed by atoms with Crippen LogP contribution in [0.15, 0.2) is 23.3 Å². The molecule has 112 valence electrons. The van der Waals surface area contributed by atoms with Crippen molar-refractivity contribution in [2.45, 2.75) is 26.2 Å². The summed E-state index contributed by atoms with van der Waals surface area (Å²) in [5.41, 5.74) is 1.60. The quantitative estimate of drug-likeness (QED) is 0.795. The van der Waals surface area contributed by atoms with E-state index in [1.54, 1.807) is 0 Å². The molecular formula is C17H21NO2S. The van der Waals surface area contributed by atoms with Crippen molar-refractivity contribution in [2.75, 3.05) is 13.6 Å². The van der Waals surface area contributed by atoms with Gasteiger partial charge in [-0.2, -0.15) is 0 Å². The number of ketones is 2. The van der Waals surface area contributed by atoms with E-state index in [2.05, 4.69) is 12.2 Å². The van der Waals surface area contributed by atoms with Crippen molar-refractivity contribution in [3.8, 4) is 0 Å². The lowest BCUT2D eigenvalue weighted by Gasteiger charge is -2.41. The standard InChI is InChI=1S/C17H21NO2S/c1-9-3-5-11-13(7-9)15(19)12-6-4-10(8-18-2)17(21)14(12)16(11)20/h4,6,9,11,13-14,18H,3,5,7-8H2,1-2H3. The smallest absolute Gasteiger partial charge is 0.163 e. The number of thiocarbonyl (C=S) groups is 1. The molecule has 2 fully saturated rings. The second-order valence-electron chi connectivity index (χ2n) is 6.54. The highest BCUT2D eigenvalue weighted by atomic mass is 32.1. The fraction of sp³-hybridized carbons (Fsp3) is 0.588. The first kappa shape index (κ1) is 14.8. The topological polar surface area (TPSA) is 46.2 Å². The van der Waals surface area contributed by atoms with Crippen LogP contribution >= 0.6 is 12.2 Å². The second kappa shape index (κ2) is 5.58. The van der Waals surface area contributed by atoms with Crippen molar-refractivity contribution >= 4 is 28.6 Å². The van der Waals surface area contributed by atoms with E-state index in [-0.39, 0.29) is 23.4 Å². The van der Waals surface area contributed by atoms with E-state index in [1.807, 2.05) is 19.2 Å². The molecule has 0 heterocycles. The van der Waals surface area contributed by atoms with Crippen LogP contribution in [0.3, 0.4) is 0 Å². The predicted octanol–water partition coefficient (Wildman–Crippen LogP) is 2.26. The average molecular weight is 303 g/mol. The van der Waals surface area contributed by atoms with Gasteiger partial charge in [0, 0.05) is 28.8 Å². The third kappa shape index (κ3) is 2.34. The van der Waals surface area contributed by atoms with Crippen molar-refractivity contribution in [3.63, 3.8) is 0 Å². The summed E-state index contributed by atoms with van der Waals surface area (Å²) in [6.45, 7) is 2.82. The van der Waals surface area contributed by atoms with Crippen LogP contribution in [0.1, 0.15) is 26.2 Å². The van der Waals surface area contributed by atoms with E-state index >= 15 is 0 Å². The molecule has 0 saturated heterocycles. The molecule has 0 amide bonds. The van der Waals surface area contributed by atoms with E-state index in [9.17, 15) is 9.59 Å². The predicted molar refractivity (Wildman–Crippen MR) is 86.2 cm³/mol. The minimum atomic E-state index is -0.462. The van der Waals surface area contributed by atoms with Gasteiger partial charge in [0.2, 0.25) is 0 Å². The van der Waals surface area contributed by atoms with Crippen molar-refractivity contribution in [1.29, 1.82) is 0 Å². The molecule has 0 aromatic carbocycles. The van der Waals surface area contributed by atoms with E-state index in [0.717, 1.165) is 24.8 Å². The number of rotatable bonds is 2. The van der Waals surface area contributed by atoms with E-state index in [1.165, 1.54) is 0 Å². The third-order valence-electron chi connectivity index (χ3n) is 5.10. The molecule has 2 saturated carbocycles. The van der Waals surface area contributed by atoms with Gasteiger partial charge in [0.05, 0.1) is 5.92 Å². The summed E-state index contributed by atoms with van der Waals surface area (Å²) in [5.74, 6) is 0.206. The lowest BCUT2D eigenvalue weighted by molar-refractivity contribution is -0.138. The maximum Gasteiger partial charge on any atom is 0.163 e. The van der Waals surface area contributed by atoms with Gasteiger partial charge in [-0.3, -0.25) is 9.59 Å². The molecule has 0 bridgehead atoms. The fourth-order valence-electron chi connectivity index (χ4n) is 3.98. The molecule has 0 aliphatic heterocycles. The molecule has 0 radical (unpaired) electrons. The highest BCUT2D eigenvalue weighted by molar-refractivity contribution is 7.81. The van der Waals surface area contributed by atoms with Crippen LogP contribution in [0.2, 0.25) is 0 Å². The lowest BCUT2D eigenvalue weighted by Crippen LogP contribution is -2.49. The van der Waals surface area contributed by atoms with Gasteiger partial charge in [-0.15, -0.1) is 0 Å². The first-order chi connectivity index (χ1) is 10.0. The minimum Gasteiger partial charge on any atom is -0.316 e. The number of Topliss-reactive ketones (excluding diaryl/α,β-unsaturated/α-hetero) is 2. The van der Waals surface area contributed by atoms with Gasteiger partial charge < -0.3 is 5.32 Å².